The lowest BCUT2D eigenvalue weighted by molar-refractivity contribution is -0.168. The first-order valence-corrected chi connectivity index (χ1v) is 7.34. The van der Waals surface area contributed by atoms with E-state index in [0.29, 0.717) is 11.8 Å². The van der Waals surface area contributed by atoms with Crippen LogP contribution in [0.1, 0.15) is 65.2 Å². The van der Waals surface area contributed by atoms with Gasteiger partial charge in [0, 0.05) is 5.41 Å². The lowest BCUT2D eigenvalue weighted by Gasteiger charge is -2.56. The van der Waals surface area contributed by atoms with E-state index in [1.54, 1.807) is 0 Å². The van der Waals surface area contributed by atoms with Gasteiger partial charge in [-0.25, -0.2) is 0 Å². The minimum atomic E-state index is -0.641. The molecule has 0 heterocycles. The maximum Gasteiger partial charge on any atom is 0.0685 e. The van der Waals surface area contributed by atoms with Gasteiger partial charge < -0.3 is 10.2 Å². The number of hydrogen-bond acceptors (Lipinski definition) is 2. The van der Waals surface area contributed by atoms with Gasteiger partial charge in [0.1, 0.15) is 0 Å². The van der Waals surface area contributed by atoms with Crippen LogP contribution in [0.4, 0.5) is 0 Å². The molecular weight excluding hydrogens is 212 g/mol. The molecule has 0 radical (unpaired) electrons. The van der Waals surface area contributed by atoms with Gasteiger partial charge in [-0.15, -0.1) is 0 Å². The molecule has 0 aliphatic heterocycles. The zero-order valence-electron chi connectivity index (χ0n) is 11.2. The molecule has 0 spiro atoms. The van der Waals surface area contributed by atoms with Gasteiger partial charge in [0.2, 0.25) is 0 Å². The Bertz CT molecular complexity index is 317. The van der Waals surface area contributed by atoms with Crippen molar-refractivity contribution in [2.24, 2.45) is 17.3 Å². The van der Waals surface area contributed by atoms with E-state index in [1.807, 2.05) is 13.8 Å². The lowest BCUT2D eigenvalue weighted by atomic mass is 9.52. The van der Waals surface area contributed by atoms with E-state index in [9.17, 15) is 10.2 Å². The Morgan fingerprint density at radius 1 is 1.00 bits per heavy atom. The van der Waals surface area contributed by atoms with Gasteiger partial charge in [-0.1, -0.05) is 19.3 Å². The summed E-state index contributed by atoms with van der Waals surface area (Å²) in [5.74, 6) is 1.02. The SMILES string of the molecule is CC(C)(O)C12CCCC3CCCC(O)(CC1)C32. The quantitative estimate of drug-likeness (QED) is 0.737. The second kappa shape index (κ2) is 3.48. The summed E-state index contributed by atoms with van der Waals surface area (Å²) in [6.45, 7) is 3.94. The molecule has 3 rings (SSSR count). The Hall–Kier alpha value is -0.0800. The molecule has 3 aliphatic rings. The van der Waals surface area contributed by atoms with E-state index in [2.05, 4.69) is 0 Å². The first-order valence-electron chi connectivity index (χ1n) is 7.34. The Morgan fingerprint density at radius 2 is 1.65 bits per heavy atom. The predicted molar refractivity (Wildman–Crippen MR) is 67.6 cm³/mol. The third kappa shape index (κ3) is 1.46. The third-order valence-electron chi connectivity index (χ3n) is 6.25. The van der Waals surface area contributed by atoms with Gasteiger partial charge in [0.05, 0.1) is 11.2 Å². The molecule has 0 bridgehead atoms. The molecule has 3 saturated carbocycles. The summed E-state index contributed by atoms with van der Waals surface area (Å²) >= 11 is 0. The van der Waals surface area contributed by atoms with Crippen molar-refractivity contribution in [1.82, 2.24) is 0 Å². The van der Waals surface area contributed by atoms with Gasteiger partial charge >= 0.3 is 0 Å². The molecule has 2 N–H and O–H groups in total. The first-order chi connectivity index (χ1) is 7.89. The van der Waals surface area contributed by atoms with Crippen molar-refractivity contribution >= 4 is 0 Å². The van der Waals surface area contributed by atoms with Crippen molar-refractivity contribution in [3.8, 4) is 0 Å². The highest BCUT2D eigenvalue weighted by Gasteiger charge is 2.65. The normalized spacial score (nSPS) is 50.1. The van der Waals surface area contributed by atoms with Crippen LogP contribution in [-0.2, 0) is 0 Å². The van der Waals surface area contributed by atoms with Crippen molar-refractivity contribution in [2.45, 2.75) is 76.4 Å². The van der Waals surface area contributed by atoms with Crippen molar-refractivity contribution in [3.63, 3.8) is 0 Å². The highest BCUT2D eigenvalue weighted by Crippen LogP contribution is 2.66. The molecule has 2 heteroatoms. The molecule has 3 aliphatic carbocycles. The van der Waals surface area contributed by atoms with Gasteiger partial charge in [-0.3, -0.25) is 0 Å². The van der Waals surface area contributed by atoms with Gasteiger partial charge in [-0.2, -0.15) is 0 Å². The topological polar surface area (TPSA) is 40.5 Å². The number of aliphatic hydroxyl groups is 2. The molecule has 2 nitrogen and oxygen atoms in total. The fourth-order valence-corrected chi connectivity index (χ4v) is 5.54. The van der Waals surface area contributed by atoms with Crippen LogP contribution < -0.4 is 0 Å². The van der Waals surface area contributed by atoms with Gasteiger partial charge in [0.25, 0.3) is 0 Å². The van der Waals surface area contributed by atoms with Crippen LogP contribution in [-0.4, -0.2) is 21.4 Å². The summed E-state index contributed by atoms with van der Waals surface area (Å²) in [6.07, 6.45) is 8.97. The summed E-state index contributed by atoms with van der Waals surface area (Å²) in [5, 5.41) is 21.6. The van der Waals surface area contributed by atoms with E-state index >= 15 is 0 Å². The zero-order chi connectivity index (χ0) is 12.3. The molecule has 0 aromatic rings. The van der Waals surface area contributed by atoms with Crippen LogP contribution in [0.5, 0.6) is 0 Å². The Kier molecular flexibility index (Phi) is 2.45. The van der Waals surface area contributed by atoms with Crippen molar-refractivity contribution in [1.29, 1.82) is 0 Å². The lowest BCUT2D eigenvalue weighted by Crippen LogP contribution is -2.57. The molecule has 4 atom stereocenters. The molecule has 0 aromatic heterocycles. The predicted octanol–water partition coefficient (Wildman–Crippen LogP) is 2.87. The summed E-state index contributed by atoms with van der Waals surface area (Å²) < 4.78 is 0. The van der Waals surface area contributed by atoms with E-state index in [1.165, 1.54) is 25.7 Å². The highest BCUT2D eigenvalue weighted by molar-refractivity contribution is 5.15. The molecule has 4 unspecified atom stereocenters. The summed E-state index contributed by atoms with van der Waals surface area (Å²) in [5.41, 5.74) is -1.10. The average molecular weight is 238 g/mol. The molecule has 17 heavy (non-hydrogen) atoms. The second-order valence-corrected chi connectivity index (χ2v) is 7.34. The van der Waals surface area contributed by atoms with Crippen molar-refractivity contribution in [3.05, 3.63) is 0 Å². The summed E-state index contributed by atoms with van der Waals surface area (Å²) in [7, 11) is 0. The minimum absolute atomic E-state index is 0.00884. The fourth-order valence-electron chi connectivity index (χ4n) is 5.54. The first kappa shape index (κ1) is 12.0. The second-order valence-electron chi connectivity index (χ2n) is 7.34. The van der Waals surface area contributed by atoms with E-state index < -0.39 is 11.2 Å². The molecule has 3 fully saturated rings. The average Bonchev–Trinajstić information content (AvgIpc) is 2.56. The standard InChI is InChI=1S/C15H26O2/c1-13(2,16)14-7-3-5-11-6-4-8-15(17,10-9-14)12(11)14/h11-12,16-17H,3-10H2,1-2H3. The molecule has 0 amide bonds. The largest absolute Gasteiger partial charge is 0.390 e. The Balaban J connectivity index is 2.04. The van der Waals surface area contributed by atoms with Gasteiger partial charge in [0.15, 0.2) is 0 Å². The van der Waals surface area contributed by atoms with Crippen molar-refractivity contribution < 1.29 is 10.2 Å². The fraction of sp³-hybridized carbons (Fsp3) is 1.00. The van der Waals surface area contributed by atoms with E-state index in [-0.39, 0.29) is 5.41 Å². The minimum Gasteiger partial charge on any atom is -0.390 e. The number of rotatable bonds is 1. The maximum absolute atomic E-state index is 10.9. The maximum atomic E-state index is 10.9. The van der Waals surface area contributed by atoms with E-state index in [4.69, 9.17) is 0 Å². The van der Waals surface area contributed by atoms with Crippen molar-refractivity contribution in [2.75, 3.05) is 0 Å². The zero-order valence-corrected chi connectivity index (χ0v) is 11.2. The number of hydrogen-bond donors (Lipinski definition) is 2. The third-order valence-corrected chi connectivity index (χ3v) is 6.25. The van der Waals surface area contributed by atoms with Crippen LogP contribution in [0.25, 0.3) is 0 Å². The van der Waals surface area contributed by atoms with Gasteiger partial charge in [-0.05, 0) is 57.8 Å². The van der Waals surface area contributed by atoms with Crippen LogP contribution >= 0.6 is 0 Å². The Labute approximate surface area is 104 Å². The monoisotopic (exact) mass is 238 g/mol. The van der Waals surface area contributed by atoms with Crippen LogP contribution in [0.2, 0.25) is 0 Å². The smallest absolute Gasteiger partial charge is 0.0685 e. The molecule has 0 aromatic carbocycles. The highest BCUT2D eigenvalue weighted by atomic mass is 16.3. The molecule has 0 saturated heterocycles. The van der Waals surface area contributed by atoms with Crippen LogP contribution in [0.15, 0.2) is 0 Å². The van der Waals surface area contributed by atoms with Crippen LogP contribution in [0, 0.1) is 17.3 Å². The summed E-state index contributed by atoms with van der Waals surface area (Å²) in [6, 6.07) is 0. The van der Waals surface area contributed by atoms with E-state index in [0.717, 1.165) is 25.7 Å². The molecule has 98 valence electrons. The Morgan fingerprint density at radius 3 is 2.29 bits per heavy atom. The van der Waals surface area contributed by atoms with Crippen LogP contribution in [0.3, 0.4) is 0 Å². The summed E-state index contributed by atoms with van der Waals surface area (Å²) in [4.78, 5) is 0. The molecular formula is C15H26O2.